The van der Waals surface area contributed by atoms with Gasteiger partial charge in [-0.05, 0) is 17.5 Å². The van der Waals surface area contributed by atoms with Crippen molar-refractivity contribution in [3.05, 3.63) is 21.6 Å². The third-order valence-corrected chi connectivity index (χ3v) is 2.59. The van der Waals surface area contributed by atoms with Gasteiger partial charge in [-0.2, -0.15) is 4.98 Å². The molecule has 18 heavy (non-hydrogen) atoms. The first-order chi connectivity index (χ1) is 8.45. The van der Waals surface area contributed by atoms with Crippen molar-refractivity contribution in [1.29, 1.82) is 0 Å². The first-order valence-electron chi connectivity index (χ1n) is 5.38. The van der Waals surface area contributed by atoms with Gasteiger partial charge >= 0.3 is 5.69 Å². The minimum atomic E-state index is -0.553. The number of nitro groups is 1. The molecular formula is C10H15ClN4O3. The number of aromatic nitrogens is 2. The largest absolute Gasteiger partial charge is 0.383 e. The number of halogens is 1. The molecule has 1 heterocycles. The van der Waals surface area contributed by atoms with E-state index in [0.717, 1.165) is 6.20 Å². The Hall–Kier alpha value is -1.47. The predicted molar refractivity (Wildman–Crippen MR) is 67.8 cm³/mol. The van der Waals surface area contributed by atoms with Gasteiger partial charge in [0.1, 0.15) is 6.20 Å². The van der Waals surface area contributed by atoms with Crippen molar-refractivity contribution in [1.82, 2.24) is 9.97 Å². The van der Waals surface area contributed by atoms with E-state index in [2.05, 4.69) is 15.3 Å². The van der Waals surface area contributed by atoms with Crippen molar-refractivity contribution in [2.45, 2.75) is 19.9 Å². The fraction of sp³-hybridized carbons (Fsp3) is 0.600. The van der Waals surface area contributed by atoms with Crippen LogP contribution in [0.5, 0.6) is 0 Å². The molecule has 1 aromatic heterocycles. The van der Waals surface area contributed by atoms with E-state index in [9.17, 15) is 10.1 Å². The summed E-state index contributed by atoms with van der Waals surface area (Å²) in [7, 11) is 1.57. The van der Waals surface area contributed by atoms with Gasteiger partial charge in [0.25, 0.3) is 0 Å². The van der Waals surface area contributed by atoms with E-state index in [1.807, 2.05) is 13.8 Å². The number of ether oxygens (including phenoxy) is 1. The number of nitrogens with zero attached hydrogens (tertiary/aromatic N) is 3. The summed E-state index contributed by atoms with van der Waals surface area (Å²) in [5, 5.41) is 13.8. The van der Waals surface area contributed by atoms with Crippen molar-refractivity contribution in [3.8, 4) is 0 Å². The standard InChI is InChI=1S/C10H15ClN4O3/c1-6(2)7(5-18-3)13-9-8(15(16)17)4-12-10(11)14-9/h4,6-7H,5H2,1-3H3,(H,12,13,14). The summed E-state index contributed by atoms with van der Waals surface area (Å²) in [5.41, 5.74) is -0.207. The molecule has 0 radical (unpaired) electrons. The molecule has 0 aliphatic rings. The molecule has 0 bridgehead atoms. The maximum absolute atomic E-state index is 10.9. The summed E-state index contributed by atoms with van der Waals surface area (Å²) in [6.45, 7) is 4.37. The Bertz CT molecular complexity index is 428. The van der Waals surface area contributed by atoms with E-state index >= 15 is 0 Å². The lowest BCUT2D eigenvalue weighted by molar-refractivity contribution is -0.384. The molecule has 100 valence electrons. The van der Waals surface area contributed by atoms with Gasteiger partial charge in [-0.15, -0.1) is 0 Å². The lowest BCUT2D eigenvalue weighted by Crippen LogP contribution is -2.31. The van der Waals surface area contributed by atoms with Crippen LogP contribution < -0.4 is 5.32 Å². The molecule has 1 rings (SSSR count). The van der Waals surface area contributed by atoms with E-state index in [0.29, 0.717) is 6.61 Å². The van der Waals surface area contributed by atoms with Crippen molar-refractivity contribution >= 4 is 23.1 Å². The van der Waals surface area contributed by atoms with E-state index < -0.39 is 4.92 Å². The molecule has 1 unspecified atom stereocenters. The van der Waals surface area contributed by atoms with Crippen LogP contribution in [0, 0.1) is 16.0 Å². The minimum Gasteiger partial charge on any atom is -0.383 e. The summed E-state index contributed by atoms with van der Waals surface area (Å²) < 4.78 is 5.06. The van der Waals surface area contributed by atoms with Crippen LogP contribution >= 0.6 is 11.6 Å². The van der Waals surface area contributed by atoms with Gasteiger partial charge in [0.15, 0.2) is 0 Å². The monoisotopic (exact) mass is 274 g/mol. The van der Waals surface area contributed by atoms with Crippen LogP contribution in [0.2, 0.25) is 5.28 Å². The van der Waals surface area contributed by atoms with Gasteiger partial charge in [0, 0.05) is 7.11 Å². The summed E-state index contributed by atoms with van der Waals surface area (Å²) in [4.78, 5) is 17.7. The van der Waals surface area contributed by atoms with Crippen LogP contribution in [0.15, 0.2) is 6.20 Å². The third-order valence-electron chi connectivity index (χ3n) is 2.41. The van der Waals surface area contributed by atoms with Gasteiger partial charge in [-0.1, -0.05) is 13.8 Å². The van der Waals surface area contributed by atoms with Gasteiger partial charge < -0.3 is 10.1 Å². The lowest BCUT2D eigenvalue weighted by atomic mass is 10.1. The van der Waals surface area contributed by atoms with Crippen molar-refractivity contribution in [2.75, 3.05) is 19.0 Å². The Kier molecular flexibility index (Phi) is 5.24. The molecular weight excluding hydrogens is 260 g/mol. The van der Waals surface area contributed by atoms with Gasteiger partial charge in [0.2, 0.25) is 11.1 Å². The maximum Gasteiger partial charge on any atom is 0.329 e. The number of anilines is 1. The molecule has 0 aromatic carbocycles. The van der Waals surface area contributed by atoms with Crippen LogP contribution in [-0.2, 0) is 4.74 Å². The Labute approximate surface area is 110 Å². The quantitative estimate of drug-likeness (QED) is 0.485. The van der Waals surface area contributed by atoms with Crippen LogP contribution in [0.1, 0.15) is 13.8 Å². The molecule has 1 N–H and O–H groups in total. The fourth-order valence-corrected chi connectivity index (χ4v) is 1.48. The summed E-state index contributed by atoms with van der Waals surface area (Å²) in [6.07, 6.45) is 1.09. The highest BCUT2D eigenvalue weighted by Crippen LogP contribution is 2.23. The normalized spacial score (nSPS) is 12.5. The Balaban J connectivity index is 3.00. The third kappa shape index (κ3) is 3.78. The van der Waals surface area contributed by atoms with Crippen LogP contribution in [0.3, 0.4) is 0 Å². The van der Waals surface area contributed by atoms with Crippen LogP contribution in [0.4, 0.5) is 11.5 Å². The van der Waals surface area contributed by atoms with E-state index in [1.54, 1.807) is 7.11 Å². The Morgan fingerprint density at radius 2 is 2.28 bits per heavy atom. The highest BCUT2D eigenvalue weighted by Gasteiger charge is 2.21. The Morgan fingerprint density at radius 1 is 1.61 bits per heavy atom. The molecule has 0 aliphatic carbocycles. The topological polar surface area (TPSA) is 90.2 Å². The fourth-order valence-electron chi connectivity index (χ4n) is 1.35. The molecule has 0 amide bonds. The van der Waals surface area contributed by atoms with Gasteiger partial charge in [-0.25, -0.2) is 4.98 Å². The van der Waals surface area contributed by atoms with Crippen LogP contribution in [0.25, 0.3) is 0 Å². The van der Waals surface area contributed by atoms with E-state index in [-0.39, 0.29) is 28.7 Å². The van der Waals surface area contributed by atoms with Crippen LogP contribution in [-0.4, -0.2) is 34.6 Å². The zero-order chi connectivity index (χ0) is 13.7. The molecule has 1 aromatic rings. The first kappa shape index (κ1) is 14.6. The van der Waals surface area contributed by atoms with E-state index in [4.69, 9.17) is 16.3 Å². The molecule has 0 fully saturated rings. The SMILES string of the molecule is COCC(Nc1nc(Cl)ncc1[N+](=O)[O-])C(C)C. The number of hydrogen-bond donors (Lipinski definition) is 1. The number of hydrogen-bond acceptors (Lipinski definition) is 6. The summed E-state index contributed by atoms with van der Waals surface area (Å²) in [6, 6.07) is -0.0975. The molecule has 0 spiro atoms. The van der Waals surface area contributed by atoms with Crippen molar-refractivity contribution in [2.24, 2.45) is 5.92 Å². The highest BCUT2D eigenvalue weighted by molar-refractivity contribution is 6.28. The number of nitrogens with one attached hydrogen (secondary N) is 1. The molecule has 0 aliphatic heterocycles. The average Bonchev–Trinajstić information content (AvgIpc) is 2.28. The predicted octanol–water partition coefficient (Wildman–Crippen LogP) is 2.12. The molecule has 1 atom stereocenters. The lowest BCUT2D eigenvalue weighted by Gasteiger charge is -2.21. The molecule has 0 saturated carbocycles. The molecule has 7 nitrogen and oxygen atoms in total. The first-order valence-corrected chi connectivity index (χ1v) is 5.76. The average molecular weight is 275 g/mol. The molecule has 8 heteroatoms. The zero-order valence-corrected chi connectivity index (χ0v) is 11.1. The number of methoxy groups -OCH3 is 1. The maximum atomic E-state index is 10.9. The highest BCUT2D eigenvalue weighted by atomic mass is 35.5. The Morgan fingerprint density at radius 3 is 2.78 bits per heavy atom. The molecule has 0 saturated heterocycles. The zero-order valence-electron chi connectivity index (χ0n) is 10.4. The summed E-state index contributed by atoms with van der Waals surface area (Å²) >= 11 is 5.65. The second-order valence-electron chi connectivity index (χ2n) is 4.08. The second kappa shape index (κ2) is 6.46. The smallest absolute Gasteiger partial charge is 0.329 e. The van der Waals surface area contributed by atoms with Gasteiger partial charge in [0.05, 0.1) is 17.6 Å². The second-order valence-corrected chi connectivity index (χ2v) is 4.42. The number of rotatable bonds is 6. The van der Waals surface area contributed by atoms with Gasteiger partial charge in [-0.3, -0.25) is 10.1 Å². The van der Waals surface area contributed by atoms with Crippen molar-refractivity contribution in [3.63, 3.8) is 0 Å². The van der Waals surface area contributed by atoms with Crippen molar-refractivity contribution < 1.29 is 9.66 Å². The summed E-state index contributed by atoms with van der Waals surface area (Å²) in [5.74, 6) is 0.328. The minimum absolute atomic E-state index is 0.0389. The van der Waals surface area contributed by atoms with E-state index in [1.165, 1.54) is 0 Å².